The topological polar surface area (TPSA) is 92.0 Å². The maximum Gasteiger partial charge on any atom is 0.262 e. The van der Waals surface area contributed by atoms with Crippen LogP contribution in [-0.2, 0) is 13.1 Å². The minimum Gasteiger partial charge on any atom is -0.481 e. The molecule has 1 aliphatic rings. The summed E-state index contributed by atoms with van der Waals surface area (Å²) in [6.07, 6.45) is 5.81. The molecule has 8 nitrogen and oxygen atoms in total. The predicted molar refractivity (Wildman–Crippen MR) is 175 cm³/mol. The largest absolute Gasteiger partial charge is 0.481 e. The van der Waals surface area contributed by atoms with Gasteiger partial charge in [0.15, 0.2) is 0 Å². The number of nitrogens with zero attached hydrogens (tertiary/aromatic N) is 4. The van der Waals surface area contributed by atoms with Crippen molar-refractivity contribution in [1.29, 1.82) is 0 Å². The molecule has 0 atom stereocenters. The molecule has 1 saturated heterocycles. The summed E-state index contributed by atoms with van der Waals surface area (Å²) in [4.78, 5) is 24.8. The fraction of sp³-hybridized carbons (Fsp3) is 0.265. The van der Waals surface area contributed by atoms with Gasteiger partial charge in [0.05, 0.1) is 35.0 Å². The number of nitrogens with one attached hydrogen (secondary N) is 1. The molecule has 0 unspecified atom stereocenters. The van der Waals surface area contributed by atoms with Crippen molar-refractivity contribution in [3.8, 4) is 39.4 Å². The molecule has 0 amide bonds. The monoisotopic (exact) mass is 629 g/mol. The first kappa shape index (κ1) is 30.2. The molecular weight excluding hydrogens is 597 g/mol. The van der Waals surface area contributed by atoms with Crippen LogP contribution in [0.1, 0.15) is 24.0 Å². The van der Waals surface area contributed by atoms with Crippen LogP contribution in [0.25, 0.3) is 39.2 Å². The summed E-state index contributed by atoms with van der Waals surface area (Å²) < 4.78 is 7.14. The molecular formula is C34H33Cl2N5O3. The minimum atomic E-state index is -0.0448. The molecule has 0 spiro atoms. The molecule has 5 aromatic rings. The van der Waals surface area contributed by atoms with Crippen LogP contribution in [0.2, 0.25) is 10.0 Å². The first-order valence-corrected chi connectivity index (χ1v) is 15.4. The molecule has 44 heavy (non-hydrogen) atoms. The Morgan fingerprint density at radius 2 is 1.64 bits per heavy atom. The van der Waals surface area contributed by atoms with Gasteiger partial charge in [-0.05, 0) is 49.7 Å². The lowest BCUT2D eigenvalue weighted by Crippen LogP contribution is -2.26. The average molecular weight is 631 g/mol. The normalized spacial score (nSPS) is 13.5. The molecule has 0 aliphatic carbocycles. The number of benzene rings is 2. The Hall–Kier alpha value is -3.79. The Morgan fingerprint density at radius 3 is 2.36 bits per heavy atom. The molecule has 0 bridgehead atoms. The number of hydrogen-bond acceptors (Lipinski definition) is 7. The Labute approximate surface area is 265 Å². The third kappa shape index (κ3) is 6.09. The van der Waals surface area contributed by atoms with Crippen LogP contribution in [0.5, 0.6) is 5.88 Å². The lowest BCUT2D eigenvalue weighted by molar-refractivity contribution is 0.291. The van der Waals surface area contributed by atoms with E-state index in [0.29, 0.717) is 52.5 Å². The van der Waals surface area contributed by atoms with E-state index in [2.05, 4.69) is 15.2 Å². The van der Waals surface area contributed by atoms with E-state index in [1.54, 1.807) is 23.9 Å². The van der Waals surface area contributed by atoms with Crippen molar-refractivity contribution >= 4 is 28.8 Å². The molecule has 4 heterocycles. The van der Waals surface area contributed by atoms with Gasteiger partial charge in [0.2, 0.25) is 5.88 Å². The Balaban J connectivity index is 1.33. The molecule has 6 rings (SSSR count). The van der Waals surface area contributed by atoms with Gasteiger partial charge in [0.25, 0.3) is 5.56 Å². The van der Waals surface area contributed by atoms with Crippen LogP contribution >= 0.6 is 23.2 Å². The number of aliphatic hydroxyl groups is 1. The van der Waals surface area contributed by atoms with Gasteiger partial charge in [-0.2, -0.15) is 0 Å². The minimum absolute atomic E-state index is 0.0448. The second-order valence-electron chi connectivity index (χ2n) is 10.8. The van der Waals surface area contributed by atoms with Crippen molar-refractivity contribution in [3.05, 3.63) is 105 Å². The third-order valence-electron chi connectivity index (χ3n) is 7.98. The lowest BCUT2D eigenvalue weighted by Gasteiger charge is -2.16. The number of methoxy groups -OCH3 is 1. The zero-order valence-electron chi connectivity index (χ0n) is 24.4. The van der Waals surface area contributed by atoms with Gasteiger partial charge in [-0.1, -0.05) is 65.7 Å². The van der Waals surface area contributed by atoms with E-state index in [1.807, 2.05) is 60.7 Å². The molecule has 2 aromatic carbocycles. The highest BCUT2D eigenvalue weighted by Crippen LogP contribution is 2.42. The SMILES string of the molecule is COc1nc(-c2cccc(-c3cccc(-c4ccn5c(=O)c(CN6CCCC6)cnc5c4)c3Cl)c2Cl)ccc1CNCCO. The number of rotatable bonds is 10. The van der Waals surface area contributed by atoms with E-state index in [9.17, 15) is 4.79 Å². The van der Waals surface area contributed by atoms with Crippen molar-refractivity contribution in [2.24, 2.45) is 0 Å². The number of likely N-dealkylation sites (tertiary alicyclic amines) is 1. The highest BCUT2D eigenvalue weighted by molar-refractivity contribution is 6.39. The van der Waals surface area contributed by atoms with E-state index in [0.717, 1.165) is 46.5 Å². The number of halogens is 2. The fourth-order valence-electron chi connectivity index (χ4n) is 5.70. The van der Waals surface area contributed by atoms with E-state index in [1.165, 1.54) is 12.8 Å². The second kappa shape index (κ2) is 13.5. The molecule has 0 radical (unpaired) electrons. The Morgan fingerprint density at radius 1 is 0.932 bits per heavy atom. The molecule has 10 heteroatoms. The van der Waals surface area contributed by atoms with Gasteiger partial charge in [-0.15, -0.1) is 0 Å². The molecule has 1 aliphatic heterocycles. The number of hydrogen-bond donors (Lipinski definition) is 2. The third-order valence-corrected chi connectivity index (χ3v) is 8.80. The van der Waals surface area contributed by atoms with Crippen LogP contribution < -0.4 is 15.6 Å². The zero-order chi connectivity index (χ0) is 30.6. The van der Waals surface area contributed by atoms with Gasteiger partial charge < -0.3 is 15.2 Å². The molecule has 2 N–H and O–H groups in total. The van der Waals surface area contributed by atoms with Crippen LogP contribution in [0, 0.1) is 0 Å². The summed E-state index contributed by atoms with van der Waals surface area (Å²) >= 11 is 14.1. The Kier molecular flexibility index (Phi) is 9.25. The van der Waals surface area contributed by atoms with E-state index in [4.69, 9.17) is 38.0 Å². The van der Waals surface area contributed by atoms with E-state index < -0.39 is 0 Å². The van der Waals surface area contributed by atoms with Crippen LogP contribution in [-0.4, -0.2) is 57.7 Å². The number of aliphatic hydroxyl groups excluding tert-OH is 1. The predicted octanol–water partition coefficient (Wildman–Crippen LogP) is 6.08. The molecule has 1 fully saturated rings. The summed E-state index contributed by atoms with van der Waals surface area (Å²) in [6.45, 7) is 3.71. The van der Waals surface area contributed by atoms with Gasteiger partial charge in [0.1, 0.15) is 5.65 Å². The number of pyridine rings is 2. The van der Waals surface area contributed by atoms with Crippen molar-refractivity contribution in [2.45, 2.75) is 25.9 Å². The van der Waals surface area contributed by atoms with Crippen molar-refractivity contribution in [3.63, 3.8) is 0 Å². The summed E-state index contributed by atoms with van der Waals surface area (Å²) in [6, 6.07) is 19.2. The van der Waals surface area contributed by atoms with Crippen LogP contribution in [0.4, 0.5) is 0 Å². The fourth-order valence-corrected chi connectivity index (χ4v) is 6.37. The molecule has 3 aromatic heterocycles. The first-order chi connectivity index (χ1) is 21.5. The van der Waals surface area contributed by atoms with Gasteiger partial charge in [-0.25, -0.2) is 9.97 Å². The van der Waals surface area contributed by atoms with Crippen LogP contribution in [0.3, 0.4) is 0 Å². The molecule has 0 saturated carbocycles. The maximum absolute atomic E-state index is 13.2. The van der Waals surface area contributed by atoms with Crippen molar-refractivity contribution in [1.82, 2.24) is 24.6 Å². The van der Waals surface area contributed by atoms with Crippen molar-refractivity contribution < 1.29 is 9.84 Å². The van der Waals surface area contributed by atoms with Gasteiger partial charge in [-0.3, -0.25) is 14.1 Å². The first-order valence-electron chi connectivity index (χ1n) is 14.6. The summed E-state index contributed by atoms with van der Waals surface area (Å²) in [5.74, 6) is 0.488. The second-order valence-corrected chi connectivity index (χ2v) is 11.6. The summed E-state index contributed by atoms with van der Waals surface area (Å²) in [5.41, 5.74) is 6.72. The number of ether oxygens (including phenoxy) is 1. The highest BCUT2D eigenvalue weighted by atomic mass is 35.5. The summed E-state index contributed by atoms with van der Waals surface area (Å²) in [5, 5.41) is 13.3. The van der Waals surface area contributed by atoms with E-state index in [-0.39, 0.29) is 12.2 Å². The quantitative estimate of drug-likeness (QED) is 0.181. The smallest absolute Gasteiger partial charge is 0.262 e. The van der Waals surface area contributed by atoms with Gasteiger partial charge >= 0.3 is 0 Å². The number of aromatic nitrogens is 3. The van der Waals surface area contributed by atoms with Gasteiger partial charge in [0, 0.05) is 59.8 Å². The standard InChI is InChI=1S/C34H33Cl2N5O3/c1-44-33-23(19-37-13-17-42)10-11-29(39-33)28-9-5-8-27(32(28)36)26-7-4-6-25(31(26)35)22-12-16-41-30(18-22)38-20-24(34(41)43)21-40-14-2-3-15-40/h4-12,16,18,20,37,42H,2-3,13-15,17,19,21H2,1H3. The summed E-state index contributed by atoms with van der Waals surface area (Å²) in [7, 11) is 1.58. The maximum atomic E-state index is 13.2. The number of fused-ring (bicyclic) bond motifs is 1. The average Bonchev–Trinajstić information content (AvgIpc) is 3.56. The Bertz CT molecular complexity index is 1870. The zero-order valence-corrected chi connectivity index (χ0v) is 25.9. The van der Waals surface area contributed by atoms with E-state index >= 15 is 0 Å². The van der Waals surface area contributed by atoms with Crippen molar-refractivity contribution in [2.75, 3.05) is 33.4 Å². The van der Waals surface area contributed by atoms with Crippen LogP contribution in [0.15, 0.2) is 77.9 Å². The lowest BCUT2D eigenvalue weighted by atomic mass is 9.97. The molecule has 226 valence electrons. The highest BCUT2D eigenvalue weighted by Gasteiger charge is 2.18.